The molecule has 0 unspecified atom stereocenters. The quantitative estimate of drug-likeness (QED) is 0.636. The number of ether oxygens (including phenoxy) is 1. The summed E-state index contributed by atoms with van der Waals surface area (Å²) in [5.74, 6) is -0.514. The van der Waals surface area contributed by atoms with E-state index in [1.165, 1.54) is 4.90 Å². The van der Waals surface area contributed by atoms with Gasteiger partial charge in [-0.2, -0.15) is 0 Å². The molecular weight excluding hydrogens is 258 g/mol. The highest BCUT2D eigenvalue weighted by atomic mass is 16.5. The molecule has 0 aromatic rings. The zero-order valence-electron chi connectivity index (χ0n) is 12.4. The first-order chi connectivity index (χ1) is 9.63. The van der Waals surface area contributed by atoms with Gasteiger partial charge in [-0.15, -0.1) is 0 Å². The van der Waals surface area contributed by atoms with Crippen molar-refractivity contribution in [1.82, 2.24) is 10.2 Å². The Morgan fingerprint density at radius 2 is 2.05 bits per heavy atom. The molecule has 116 valence electrons. The fourth-order valence-electron chi connectivity index (χ4n) is 2.26. The summed E-state index contributed by atoms with van der Waals surface area (Å²) in [4.78, 5) is 24.6. The Bertz CT molecular complexity index is 304. The van der Waals surface area contributed by atoms with Crippen molar-refractivity contribution in [3.63, 3.8) is 0 Å². The number of unbranched alkanes of at least 4 members (excludes halogenated alkanes) is 1. The van der Waals surface area contributed by atoms with Gasteiger partial charge in [0.15, 0.2) is 0 Å². The molecule has 1 rings (SSSR count). The van der Waals surface area contributed by atoms with Crippen LogP contribution in [0.5, 0.6) is 0 Å². The third-order valence-corrected chi connectivity index (χ3v) is 3.44. The average Bonchev–Trinajstić information content (AvgIpc) is 2.44. The van der Waals surface area contributed by atoms with Crippen molar-refractivity contribution in [2.24, 2.45) is 5.73 Å². The van der Waals surface area contributed by atoms with Gasteiger partial charge in [-0.3, -0.25) is 9.59 Å². The smallest absolute Gasteiger partial charge is 0.237 e. The summed E-state index contributed by atoms with van der Waals surface area (Å²) in [5, 5.41) is 3.27. The number of carbonyl (C=O) groups is 2. The monoisotopic (exact) mass is 285 g/mol. The van der Waals surface area contributed by atoms with Crippen LogP contribution >= 0.6 is 0 Å². The molecule has 3 N–H and O–H groups in total. The van der Waals surface area contributed by atoms with E-state index in [1.54, 1.807) is 0 Å². The van der Waals surface area contributed by atoms with Crippen LogP contribution in [0.3, 0.4) is 0 Å². The van der Waals surface area contributed by atoms with Crippen LogP contribution in [0, 0.1) is 0 Å². The zero-order chi connectivity index (χ0) is 14.8. The molecule has 1 aliphatic rings. The van der Waals surface area contributed by atoms with Crippen molar-refractivity contribution in [2.45, 2.75) is 45.1 Å². The predicted octanol–water partition coefficient (Wildman–Crippen LogP) is 0.259. The van der Waals surface area contributed by atoms with Crippen LogP contribution in [-0.2, 0) is 14.3 Å². The number of rotatable bonds is 9. The summed E-state index contributed by atoms with van der Waals surface area (Å²) in [6, 6.07) is 0. The summed E-state index contributed by atoms with van der Waals surface area (Å²) in [6.45, 7) is 5.02. The van der Waals surface area contributed by atoms with Crippen LogP contribution in [0.25, 0.3) is 0 Å². The molecule has 20 heavy (non-hydrogen) atoms. The lowest BCUT2D eigenvalue weighted by Gasteiger charge is -2.24. The van der Waals surface area contributed by atoms with Crippen molar-refractivity contribution in [1.29, 1.82) is 0 Å². The second-order valence-electron chi connectivity index (χ2n) is 5.21. The van der Waals surface area contributed by atoms with Crippen molar-refractivity contribution in [3.05, 3.63) is 0 Å². The fraction of sp³-hybridized carbons (Fsp3) is 0.857. The fourth-order valence-corrected chi connectivity index (χ4v) is 2.26. The molecule has 0 bridgehead atoms. The number of primary amides is 1. The molecule has 0 spiro atoms. The number of nitrogens with two attached hydrogens (primary N) is 1. The molecule has 0 aliphatic carbocycles. The summed E-state index contributed by atoms with van der Waals surface area (Å²) in [5.41, 5.74) is 5.18. The summed E-state index contributed by atoms with van der Waals surface area (Å²) in [6.07, 6.45) is 4.43. The molecule has 0 atom stereocenters. The third-order valence-electron chi connectivity index (χ3n) is 3.44. The topological polar surface area (TPSA) is 84.7 Å². The van der Waals surface area contributed by atoms with E-state index in [2.05, 4.69) is 5.32 Å². The lowest BCUT2D eigenvalue weighted by molar-refractivity contribution is -0.136. The minimum Gasteiger partial charge on any atom is -0.378 e. The molecule has 1 fully saturated rings. The molecule has 1 aliphatic heterocycles. The standard InChI is InChI=1S/C14H27N3O3/c1-2-3-9-17(11-13(15)18)14(19)6-10-20-12-4-7-16-8-5-12/h12,16H,2-11H2,1H3,(H2,15,18). The summed E-state index contributed by atoms with van der Waals surface area (Å²) in [7, 11) is 0. The molecule has 6 heteroatoms. The van der Waals surface area contributed by atoms with Gasteiger partial charge in [0.1, 0.15) is 0 Å². The maximum atomic E-state index is 12.1. The highest BCUT2D eigenvalue weighted by molar-refractivity contribution is 5.83. The Hall–Kier alpha value is -1.14. The van der Waals surface area contributed by atoms with Gasteiger partial charge in [-0.05, 0) is 32.4 Å². The molecule has 0 saturated carbocycles. The normalized spacial score (nSPS) is 16.1. The van der Waals surface area contributed by atoms with E-state index in [4.69, 9.17) is 10.5 Å². The SMILES string of the molecule is CCCCN(CC(N)=O)C(=O)CCOC1CCNCC1. The van der Waals surface area contributed by atoms with Gasteiger partial charge in [0.05, 0.1) is 25.7 Å². The maximum absolute atomic E-state index is 12.1. The lowest BCUT2D eigenvalue weighted by Crippen LogP contribution is -2.39. The third kappa shape index (κ3) is 6.86. The summed E-state index contributed by atoms with van der Waals surface area (Å²) < 4.78 is 5.71. The Labute approximate surface area is 121 Å². The zero-order valence-corrected chi connectivity index (χ0v) is 12.4. The van der Waals surface area contributed by atoms with E-state index < -0.39 is 5.91 Å². The highest BCUT2D eigenvalue weighted by Crippen LogP contribution is 2.08. The van der Waals surface area contributed by atoms with Crippen LogP contribution in [0.15, 0.2) is 0 Å². The number of piperidine rings is 1. The number of carbonyl (C=O) groups excluding carboxylic acids is 2. The molecule has 1 saturated heterocycles. The van der Waals surface area contributed by atoms with Gasteiger partial charge in [-0.25, -0.2) is 0 Å². The van der Waals surface area contributed by atoms with E-state index in [9.17, 15) is 9.59 Å². The molecule has 2 amide bonds. The van der Waals surface area contributed by atoms with E-state index >= 15 is 0 Å². The Kier molecular flexibility index (Phi) is 8.22. The van der Waals surface area contributed by atoms with Crippen LogP contribution in [0.4, 0.5) is 0 Å². The second kappa shape index (κ2) is 9.72. The Morgan fingerprint density at radius 3 is 2.65 bits per heavy atom. The first-order valence-electron chi connectivity index (χ1n) is 7.52. The van der Waals surface area contributed by atoms with Gasteiger partial charge in [0, 0.05) is 6.54 Å². The summed E-state index contributed by atoms with van der Waals surface area (Å²) >= 11 is 0. The van der Waals surface area contributed by atoms with Crippen LogP contribution in [0.1, 0.15) is 39.0 Å². The van der Waals surface area contributed by atoms with Crippen LogP contribution < -0.4 is 11.1 Å². The molecule has 6 nitrogen and oxygen atoms in total. The average molecular weight is 285 g/mol. The number of amides is 2. The minimum absolute atomic E-state index is 0.00613. The molecule has 1 heterocycles. The van der Waals surface area contributed by atoms with Gasteiger partial charge >= 0.3 is 0 Å². The molecular formula is C14H27N3O3. The second-order valence-corrected chi connectivity index (χ2v) is 5.21. The van der Waals surface area contributed by atoms with Gasteiger partial charge < -0.3 is 20.7 Å². The number of nitrogens with one attached hydrogen (secondary N) is 1. The molecule has 0 aromatic carbocycles. The minimum atomic E-state index is -0.464. The molecule has 0 radical (unpaired) electrons. The van der Waals surface area contributed by atoms with Crippen LogP contribution in [-0.4, -0.2) is 55.6 Å². The Morgan fingerprint density at radius 1 is 1.35 bits per heavy atom. The maximum Gasteiger partial charge on any atom is 0.237 e. The van der Waals surface area contributed by atoms with Crippen molar-refractivity contribution >= 4 is 11.8 Å². The van der Waals surface area contributed by atoms with Crippen molar-refractivity contribution in [3.8, 4) is 0 Å². The Balaban J connectivity index is 2.26. The van der Waals surface area contributed by atoms with E-state index in [-0.39, 0.29) is 18.6 Å². The lowest BCUT2D eigenvalue weighted by atomic mass is 10.1. The van der Waals surface area contributed by atoms with Crippen LogP contribution in [0.2, 0.25) is 0 Å². The predicted molar refractivity (Wildman–Crippen MR) is 77.1 cm³/mol. The van der Waals surface area contributed by atoms with E-state index in [1.807, 2.05) is 6.92 Å². The van der Waals surface area contributed by atoms with Crippen molar-refractivity contribution < 1.29 is 14.3 Å². The first kappa shape index (κ1) is 16.9. The van der Waals surface area contributed by atoms with Gasteiger partial charge in [0.2, 0.25) is 11.8 Å². The van der Waals surface area contributed by atoms with E-state index in [0.717, 1.165) is 38.8 Å². The largest absolute Gasteiger partial charge is 0.378 e. The number of nitrogens with zero attached hydrogens (tertiary/aromatic N) is 1. The van der Waals surface area contributed by atoms with Gasteiger partial charge in [0.25, 0.3) is 0 Å². The number of hydrogen-bond acceptors (Lipinski definition) is 4. The van der Waals surface area contributed by atoms with E-state index in [0.29, 0.717) is 19.6 Å². The van der Waals surface area contributed by atoms with Crippen molar-refractivity contribution in [2.75, 3.05) is 32.8 Å². The highest BCUT2D eigenvalue weighted by Gasteiger charge is 2.17. The van der Waals surface area contributed by atoms with Gasteiger partial charge in [-0.1, -0.05) is 13.3 Å². The number of hydrogen-bond donors (Lipinski definition) is 2. The molecule has 0 aromatic heterocycles. The first-order valence-corrected chi connectivity index (χ1v) is 7.52.